The van der Waals surface area contributed by atoms with Crippen LogP contribution in [0.4, 0.5) is 0 Å². The molecule has 0 bridgehead atoms. The third-order valence-corrected chi connectivity index (χ3v) is 11.6. The minimum atomic E-state index is -2.82. The number of esters is 1. The summed E-state index contributed by atoms with van der Waals surface area (Å²) in [4.78, 5) is 17.4. The molecule has 1 heterocycles. The Hall–Kier alpha value is -0.0700. The maximum atomic E-state index is 13.5. The summed E-state index contributed by atoms with van der Waals surface area (Å²) in [7, 11) is 2.15. The van der Waals surface area contributed by atoms with Crippen molar-refractivity contribution in [1.82, 2.24) is 9.80 Å². The van der Waals surface area contributed by atoms with Gasteiger partial charge in [-0.2, -0.15) is 0 Å². The Morgan fingerprint density at radius 3 is 2.30 bits per heavy atom. The Morgan fingerprint density at radius 1 is 1.13 bits per heavy atom. The topological polar surface area (TPSA) is 59.1 Å². The van der Waals surface area contributed by atoms with Gasteiger partial charge in [-0.25, -0.2) is 0 Å². The Kier molecular flexibility index (Phi) is 12.6. The normalized spacial score (nSPS) is 19.6. The zero-order chi connectivity index (χ0) is 22.8. The van der Waals surface area contributed by atoms with Crippen LogP contribution in [0.1, 0.15) is 60.8 Å². The van der Waals surface area contributed by atoms with Gasteiger partial charge in [0.15, 0.2) is 0 Å². The van der Waals surface area contributed by atoms with E-state index < -0.39 is 12.0 Å². The van der Waals surface area contributed by atoms with Gasteiger partial charge in [-0.1, -0.05) is 39.1 Å². The first kappa shape index (κ1) is 28.0. The molecule has 0 aromatic carbocycles. The van der Waals surface area contributed by atoms with E-state index in [9.17, 15) is 9.36 Å². The molecule has 6 nitrogen and oxygen atoms in total. The highest BCUT2D eigenvalue weighted by atomic mass is 32.7. The highest BCUT2D eigenvalue weighted by Crippen LogP contribution is 2.66. The van der Waals surface area contributed by atoms with Crippen molar-refractivity contribution in [1.29, 1.82) is 0 Å². The lowest BCUT2D eigenvalue weighted by Gasteiger charge is -2.34. The second kappa shape index (κ2) is 13.5. The highest BCUT2D eigenvalue weighted by Gasteiger charge is 2.36. The van der Waals surface area contributed by atoms with Crippen molar-refractivity contribution in [3.8, 4) is 0 Å². The molecule has 0 amide bonds. The quantitative estimate of drug-likeness (QED) is 0.204. The van der Waals surface area contributed by atoms with Gasteiger partial charge in [0.05, 0.1) is 12.0 Å². The van der Waals surface area contributed by atoms with Crippen LogP contribution in [-0.4, -0.2) is 80.2 Å². The van der Waals surface area contributed by atoms with Crippen LogP contribution in [0, 0.1) is 11.3 Å². The minimum Gasteiger partial charge on any atom is -0.464 e. The Balaban J connectivity index is 2.47. The van der Waals surface area contributed by atoms with E-state index in [4.69, 9.17) is 9.26 Å². The smallest absolute Gasteiger partial charge is 0.311 e. The number of ether oxygens (including phenoxy) is 1. The van der Waals surface area contributed by atoms with Crippen LogP contribution in [0.25, 0.3) is 0 Å². The van der Waals surface area contributed by atoms with E-state index >= 15 is 0 Å². The first-order valence-electron chi connectivity index (χ1n) is 11.5. The van der Waals surface area contributed by atoms with Gasteiger partial charge in [0.1, 0.15) is 6.61 Å². The van der Waals surface area contributed by atoms with E-state index in [2.05, 4.69) is 37.6 Å². The number of likely N-dealkylation sites (N-methyl/N-ethyl adjacent to an activating group) is 1. The highest BCUT2D eigenvalue weighted by molar-refractivity contribution is 8.56. The number of rotatable bonds is 14. The van der Waals surface area contributed by atoms with Crippen molar-refractivity contribution in [3.63, 3.8) is 0 Å². The Labute approximate surface area is 189 Å². The maximum absolute atomic E-state index is 13.5. The van der Waals surface area contributed by atoms with Crippen LogP contribution in [0.5, 0.6) is 0 Å². The van der Waals surface area contributed by atoms with Crippen molar-refractivity contribution in [3.05, 3.63) is 0 Å². The molecule has 0 aliphatic carbocycles. The molecule has 0 aromatic heterocycles. The lowest BCUT2D eigenvalue weighted by molar-refractivity contribution is -0.153. The molecule has 1 rings (SSSR count). The SMILES string of the molecule is CCCOP(=O)(SCCOC(=O)C(C)(C)CCN1CCN(C)CC1)C(CC)C(C)C. The van der Waals surface area contributed by atoms with Gasteiger partial charge < -0.3 is 19.1 Å². The molecule has 8 heteroatoms. The number of nitrogens with zero attached hydrogens (tertiary/aromatic N) is 2. The van der Waals surface area contributed by atoms with Crippen LogP contribution in [0.2, 0.25) is 0 Å². The molecule has 2 unspecified atom stereocenters. The molecular weight excluding hydrogens is 419 g/mol. The summed E-state index contributed by atoms with van der Waals surface area (Å²) in [6.45, 7) is 15.3. The van der Waals surface area contributed by atoms with Gasteiger partial charge in [-0.15, -0.1) is 0 Å². The average molecular weight is 465 g/mol. The predicted molar refractivity (Wildman–Crippen MR) is 129 cm³/mol. The zero-order valence-corrected chi connectivity index (χ0v) is 22.0. The molecule has 0 N–H and O–H groups in total. The van der Waals surface area contributed by atoms with Crippen LogP contribution in [0.15, 0.2) is 0 Å². The van der Waals surface area contributed by atoms with Gasteiger partial charge in [0, 0.05) is 37.6 Å². The van der Waals surface area contributed by atoms with Gasteiger partial charge in [-0.05, 0) is 52.6 Å². The van der Waals surface area contributed by atoms with Crippen molar-refractivity contribution in [2.24, 2.45) is 11.3 Å². The summed E-state index contributed by atoms with van der Waals surface area (Å²) >= 11 is 1.36. The van der Waals surface area contributed by atoms with E-state index in [1.807, 2.05) is 20.8 Å². The maximum Gasteiger partial charge on any atom is 0.311 e. The second-order valence-electron chi connectivity index (χ2n) is 9.34. The summed E-state index contributed by atoms with van der Waals surface area (Å²) in [6.07, 6.45) is 2.45. The van der Waals surface area contributed by atoms with Gasteiger partial charge in [-0.3, -0.25) is 9.36 Å². The molecule has 2 atom stereocenters. The van der Waals surface area contributed by atoms with Gasteiger partial charge >= 0.3 is 5.97 Å². The Bertz CT molecular complexity index is 551. The monoisotopic (exact) mass is 464 g/mol. The summed E-state index contributed by atoms with van der Waals surface area (Å²) in [5.41, 5.74) is -0.481. The second-order valence-corrected chi connectivity index (χ2v) is 14.3. The molecule has 1 fully saturated rings. The first-order chi connectivity index (χ1) is 14.1. The van der Waals surface area contributed by atoms with E-state index in [0.29, 0.717) is 18.3 Å². The van der Waals surface area contributed by atoms with E-state index in [1.54, 1.807) is 0 Å². The third-order valence-electron chi connectivity index (χ3n) is 5.86. The molecule has 30 heavy (non-hydrogen) atoms. The van der Waals surface area contributed by atoms with Gasteiger partial charge in [0.25, 0.3) is 6.57 Å². The van der Waals surface area contributed by atoms with Crippen molar-refractivity contribution >= 4 is 23.9 Å². The largest absolute Gasteiger partial charge is 0.464 e. The average Bonchev–Trinajstić information content (AvgIpc) is 2.69. The van der Waals surface area contributed by atoms with Crippen LogP contribution >= 0.6 is 18.0 Å². The van der Waals surface area contributed by atoms with E-state index in [1.165, 1.54) is 11.4 Å². The summed E-state index contributed by atoms with van der Waals surface area (Å²) in [5.74, 6) is 0.628. The fourth-order valence-electron chi connectivity index (χ4n) is 3.61. The van der Waals surface area contributed by atoms with E-state index in [0.717, 1.165) is 52.0 Å². The molecule has 0 radical (unpaired) electrons. The number of piperazine rings is 1. The summed E-state index contributed by atoms with van der Waals surface area (Å²) in [6, 6.07) is 0. The molecule has 1 saturated heterocycles. The molecule has 0 aromatic rings. The molecular formula is C22H45N2O4PS. The lowest BCUT2D eigenvalue weighted by Crippen LogP contribution is -2.45. The molecule has 1 aliphatic rings. The van der Waals surface area contributed by atoms with Crippen LogP contribution < -0.4 is 0 Å². The fraction of sp³-hybridized carbons (Fsp3) is 0.955. The fourth-order valence-corrected chi connectivity index (χ4v) is 9.28. The first-order valence-corrected chi connectivity index (χ1v) is 14.8. The van der Waals surface area contributed by atoms with Crippen molar-refractivity contribution in [2.75, 3.05) is 58.7 Å². The van der Waals surface area contributed by atoms with Crippen molar-refractivity contribution < 1.29 is 18.6 Å². The van der Waals surface area contributed by atoms with Crippen LogP contribution in [-0.2, 0) is 18.6 Å². The zero-order valence-electron chi connectivity index (χ0n) is 20.3. The van der Waals surface area contributed by atoms with E-state index in [-0.39, 0.29) is 18.2 Å². The standard InChI is InChI=1S/C22H45N2O4PS/c1-8-16-28-29(26,20(9-2)19(3)4)30-18-17-27-21(25)22(5,6)10-11-24-14-12-23(7)13-15-24/h19-20H,8-18H2,1-7H3. The van der Waals surface area contributed by atoms with Gasteiger partial charge in [0.2, 0.25) is 0 Å². The summed E-state index contributed by atoms with van der Waals surface area (Å²) < 4.78 is 24.9. The summed E-state index contributed by atoms with van der Waals surface area (Å²) in [5, 5.41) is 0. The minimum absolute atomic E-state index is 0.0322. The molecule has 1 aliphatic heterocycles. The van der Waals surface area contributed by atoms with Crippen molar-refractivity contribution in [2.45, 2.75) is 66.5 Å². The number of carbonyl (C=O) groups excluding carboxylic acids is 1. The predicted octanol–water partition coefficient (Wildman–Crippen LogP) is 4.98. The molecule has 178 valence electrons. The Morgan fingerprint density at radius 2 is 1.77 bits per heavy atom. The third kappa shape index (κ3) is 9.20. The molecule has 0 spiro atoms. The van der Waals surface area contributed by atoms with Crippen LogP contribution in [0.3, 0.4) is 0 Å². The number of hydrogen-bond donors (Lipinski definition) is 0. The molecule has 0 saturated carbocycles. The number of carbonyl (C=O) groups is 1. The number of hydrogen-bond acceptors (Lipinski definition) is 7. The lowest BCUT2D eigenvalue weighted by atomic mass is 9.89.